The van der Waals surface area contributed by atoms with E-state index in [4.69, 9.17) is 9.47 Å². The van der Waals surface area contributed by atoms with Crippen molar-refractivity contribution in [2.75, 3.05) is 6.61 Å². The largest absolute Gasteiger partial charge is 0.490 e. The second-order valence-electron chi connectivity index (χ2n) is 4.52. The highest BCUT2D eigenvalue weighted by Crippen LogP contribution is 2.47. The van der Waals surface area contributed by atoms with Crippen molar-refractivity contribution in [1.29, 1.82) is 0 Å². The zero-order chi connectivity index (χ0) is 10.1. The van der Waals surface area contributed by atoms with Crippen LogP contribution in [0.25, 0.3) is 0 Å². The Kier molecular flexibility index (Phi) is 2.17. The molecule has 1 aliphatic carbocycles. The first-order valence-corrected chi connectivity index (χ1v) is 5.75. The van der Waals surface area contributed by atoms with E-state index in [2.05, 4.69) is 0 Å². The Hall–Kier alpha value is -1.02. The van der Waals surface area contributed by atoms with Crippen molar-refractivity contribution < 1.29 is 9.47 Å². The van der Waals surface area contributed by atoms with Crippen LogP contribution in [-0.4, -0.2) is 18.3 Å². The number of rotatable bonds is 3. The van der Waals surface area contributed by atoms with Crippen molar-refractivity contribution >= 4 is 0 Å². The standard InChI is InChI=1S/C13H16O2/c1-2-6-11(7-3-1)14-10-13-9-5-4-8-12(13)15-13/h1-3,6-7,12H,4-5,8-10H2. The van der Waals surface area contributed by atoms with Gasteiger partial charge in [0.2, 0.25) is 0 Å². The Labute approximate surface area is 90.2 Å². The number of hydrogen-bond acceptors (Lipinski definition) is 2. The quantitative estimate of drug-likeness (QED) is 0.706. The second kappa shape index (κ2) is 3.53. The molecule has 1 aromatic rings. The molecule has 2 unspecified atom stereocenters. The molecule has 2 nitrogen and oxygen atoms in total. The maximum Gasteiger partial charge on any atom is 0.129 e. The second-order valence-corrected chi connectivity index (χ2v) is 4.52. The van der Waals surface area contributed by atoms with E-state index < -0.39 is 0 Å². The van der Waals surface area contributed by atoms with Crippen LogP contribution < -0.4 is 4.74 Å². The molecule has 3 rings (SSSR count). The van der Waals surface area contributed by atoms with Crippen molar-refractivity contribution in [1.82, 2.24) is 0 Å². The average Bonchev–Trinajstić information content (AvgIpc) is 3.03. The monoisotopic (exact) mass is 204 g/mol. The van der Waals surface area contributed by atoms with E-state index in [9.17, 15) is 0 Å². The lowest BCUT2D eigenvalue weighted by atomic mass is 9.90. The zero-order valence-corrected chi connectivity index (χ0v) is 8.82. The van der Waals surface area contributed by atoms with Gasteiger partial charge in [-0.3, -0.25) is 0 Å². The van der Waals surface area contributed by atoms with Crippen molar-refractivity contribution in [2.24, 2.45) is 0 Å². The zero-order valence-electron chi connectivity index (χ0n) is 8.82. The molecule has 15 heavy (non-hydrogen) atoms. The van der Waals surface area contributed by atoms with Crippen LogP contribution in [0.4, 0.5) is 0 Å². The molecule has 0 aromatic heterocycles. The summed E-state index contributed by atoms with van der Waals surface area (Å²) in [6, 6.07) is 9.99. The molecular weight excluding hydrogens is 188 g/mol. The first-order chi connectivity index (χ1) is 7.39. The summed E-state index contributed by atoms with van der Waals surface area (Å²) in [5.74, 6) is 0.951. The van der Waals surface area contributed by atoms with Crippen molar-refractivity contribution in [3.8, 4) is 5.75 Å². The summed E-state index contributed by atoms with van der Waals surface area (Å²) in [7, 11) is 0. The molecule has 2 heteroatoms. The van der Waals surface area contributed by atoms with Crippen LogP contribution >= 0.6 is 0 Å². The summed E-state index contributed by atoms with van der Waals surface area (Å²) in [5, 5.41) is 0. The summed E-state index contributed by atoms with van der Waals surface area (Å²) in [5.41, 5.74) is 0.0775. The molecule has 1 aliphatic heterocycles. The van der Waals surface area contributed by atoms with E-state index in [0.29, 0.717) is 6.10 Å². The van der Waals surface area contributed by atoms with Crippen molar-refractivity contribution in [3.05, 3.63) is 30.3 Å². The summed E-state index contributed by atoms with van der Waals surface area (Å²) in [6.45, 7) is 0.724. The van der Waals surface area contributed by atoms with Crippen LogP contribution in [0, 0.1) is 0 Å². The van der Waals surface area contributed by atoms with Crippen molar-refractivity contribution in [2.45, 2.75) is 37.4 Å². The summed E-state index contributed by atoms with van der Waals surface area (Å²) < 4.78 is 11.5. The molecule has 1 saturated heterocycles. The number of epoxide rings is 1. The Balaban J connectivity index is 1.59. The van der Waals surface area contributed by atoms with Crippen LogP contribution in [0.5, 0.6) is 5.75 Å². The number of benzene rings is 1. The van der Waals surface area contributed by atoms with Gasteiger partial charge in [0.25, 0.3) is 0 Å². The lowest BCUT2D eigenvalue weighted by molar-refractivity contribution is 0.179. The van der Waals surface area contributed by atoms with Gasteiger partial charge in [0.15, 0.2) is 0 Å². The van der Waals surface area contributed by atoms with Gasteiger partial charge in [0.05, 0.1) is 6.10 Å². The lowest BCUT2D eigenvalue weighted by Crippen LogP contribution is -2.27. The van der Waals surface area contributed by atoms with Crippen LogP contribution in [-0.2, 0) is 4.74 Å². The molecule has 1 heterocycles. The van der Waals surface area contributed by atoms with E-state index in [0.717, 1.165) is 12.4 Å². The fraction of sp³-hybridized carbons (Fsp3) is 0.538. The van der Waals surface area contributed by atoms with Gasteiger partial charge in [0.1, 0.15) is 18.0 Å². The summed E-state index contributed by atoms with van der Waals surface area (Å²) in [6.07, 6.45) is 5.48. The molecular formula is C13H16O2. The Morgan fingerprint density at radius 1 is 1.27 bits per heavy atom. The fourth-order valence-electron chi connectivity index (χ4n) is 2.47. The molecule has 80 valence electrons. The highest BCUT2D eigenvalue weighted by molar-refractivity contribution is 5.21. The first kappa shape index (κ1) is 9.22. The maximum atomic E-state index is 5.77. The number of para-hydroxylation sites is 1. The van der Waals surface area contributed by atoms with Gasteiger partial charge in [0, 0.05) is 0 Å². The smallest absolute Gasteiger partial charge is 0.129 e. The molecule has 1 aromatic carbocycles. The third kappa shape index (κ3) is 1.74. The molecule has 0 N–H and O–H groups in total. The van der Waals surface area contributed by atoms with Crippen LogP contribution in [0.1, 0.15) is 25.7 Å². The molecule has 0 bridgehead atoms. The predicted octanol–water partition coefficient (Wildman–Crippen LogP) is 2.78. The summed E-state index contributed by atoms with van der Waals surface area (Å²) >= 11 is 0. The molecule has 0 amide bonds. The van der Waals surface area contributed by atoms with E-state index in [1.54, 1.807) is 0 Å². The minimum atomic E-state index is 0.0775. The summed E-state index contributed by atoms with van der Waals surface area (Å²) in [4.78, 5) is 0. The first-order valence-electron chi connectivity index (χ1n) is 5.75. The molecule has 0 radical (unpaired) electrons. The van der Waals surface area contributed by atoms with E-state index >= 15 is 0 Å². The number of fused-ring (bicyclic) bond motifs is 1. The number of ether oxygens (including phenoxy) is 2. The van der Waals surface area contributed by atoms with E-state index in [-0.39, 0.29) is 5.60 Å². The highest BCUT2D eigenvalue weighted by atomic mass is 16.6. The van der Waals surface area contributed by atoms with Gasteiger partial charge >= 0.3 is 0 Å². The van der Waals surface area contributed by atoms with Gasteiger partial charge in [-0.1, -0.05) is 31.0 Å². The van der Waals surface area contributed by atoms with Gasteiger partial charge in [-0.15, -0.1) is 0 Å². The Morgan fingerprint density at radius 3 is 2.93 bits per heavy atom. The SMILES string of the molecule is c1ccc(OCC23CCCCC2O3)cc1. The maximum absolute atomic E-state index is 5.77. The predicted molar refractivity (Wildman–Crippen MR) is 58.0 cm³/mol. The minimum Gasteiger partial charge on any atom is -0.490 e. The van der Waals surface area contributed by atoms with E-state index in [1.807, 2.05) is 30.3 Å². The van der Waals surface area contributed by atoms with Crippen LogP contribution in [0.15, 0.2) is 30.3 Å². The van der Waals surface area contributed by atoms with Crippen LogP contribution in [0.2, 0.25) is 0 Å². The number of hydrogen-bond donors (Lipinski definition) is 0. The third-order valence-corrected chi connectivity index (χ3v) is 3.45. The highest BCUT2D eigenvalue weighted by Gasteiger charge is 2.57. The van der Waals surface area contributed by atoms with Gasteiger partial charge in [-0.25, -0.2) is 0 Å². The minimum absolute atomic E-state index is 0.0775. The average molecular weight is 204 g/mol. The fourth-order valence-corrected chi connectivity index (χ4v) is 2.47. The van der Waals surface area contributed by atoms with E-state index in [1.165, 1.54) is 25.7 Å². The van der Waals surface area contributed by atoms with Gasteiger partial charge in [-0.2, -0.15) is 0 Å². The Bertz CT molecular complexity index is 336. The van der Waals surface area contributed by atoms with Crippen molar-refractivity contribution in [3.63, 3.8) is 0 Å². The Morgan fingerprint density at radius 2 is 2.13 bits per heavy atom. The lowest BCUT2D eigenvalue weighted by Gasteiger charge is -2.17. The molecule has 2 aliphatic rings. The topological polar surface area (TPSA) is 21.8 Å². The molecule has 2 atom stereocenters. The molecule has 0 spiro atoms. The molecule has 1 saturated carbocycles. The van der Waals surface area contributed by atoms with Gasteiger partial charge < -0.3 is 9.47 Å². The normalized spacial score (nSPS) is 33.2. The van der Waals surface area contributed by atoms with Crippen LogP contribution in [0.3, 0.4) is 0 Å². The third-order valence-electron chi connectivity index (χ3n) is 3.45. The molecule has 2 fully saturated rings. The van der Waals surface area contributed by atoms with Gasteiger partial charge in [-0.05, 0) is 25.0 Å².